The molecule has 2 aromatic rings. The van der Waals surface area contributed by atoms with Crippen molar-refractivity contribution >= 4 is 17.9 Å². The first-order valence-corrected chi connectivity index (χ1v) is 7.22. The summed E-state index contributed by atoms with van der Waals surface area (Å²) in [5.74, 6) is 0.565. The van der Waals surface area contributed by atoms with Gasteiger partial charge in [0.15, 0.2) is 5.65 Å². The summed E-state index contributed by atoms with van der Waals surface area (Å²) in [6, 6.07) is 4.14. The summed E-state index contributed by atoms with van der Waals surface area (Å²) in [5.41, 5.74) is 3.29. The molecular formula is C14H21N3S. The Morgan fingerprint density at radius 3 is 2.61 bits per heavy atom. The number of H-pyrrole nitrogens is 1. The Balaban J connectivity index is 2.50. The Labute approximate surface area is 113 Å². The molecule has 0 aliphatic rings. The van der Waals surface area contributed by atoms with Gasteiger partial charge in [0, 0.05) is 23.4 Å². The SMILES string of the molecule is CCCc1cc(=S)n2[nH]c(C(CC)CC)cc2n1. The van der Waals surface area contributed by atoms with Crippen molar-refractivity contribution in [1.82, 2.24) is 14.6 Å². The monoisotopic (exact) mass is 263 g/mol. The number of nitrogens with zero attached hydrogens (tertiary/aromatic N) is 2. The van der Waals surface area contributed by atoms with Gasteiger partial charge in [-0.1, -0.05) is 39.4 Å². The molecule has 0 unspecified atom stereocenters. The highest BCUT2D eigenvalue weighted by Gasteiger charge is 2.11. The maximum Gasteiger partial charge on any atom is 0.154 e. The lowest BCUT2D eigenvalue weighted by Gasteiger charge is -2.08. The van der Waals surface area contributed by atoms with E-state index in [4.69, 9.17) is 12.2 Å². The second-order valence-corrected chi connectivity index (χ2v) is 5.17. The standard InChI is InChI=1S/C14H21N3S/c1-4-7-11-8-14(18)17-13(15-11)9-12(16-17)10(5-2)6-3/h8-10,16H,4-7H2,1-3H3. The van der Waals surface area contributed by atoms with Gasteiger partial charge >= 0.3 is 0 Å². The number of hydrogen-bond donors (Lipinski definition) is 1. The number of aromatic nitrogens is 3. The Hall–Kier alpha value is -1.16. The molecule has 1 N–H and O–H groups in total. The van der Waals surface area contributed by atoms with E-state index >= 15 is 0 Å². The number of aromatic amines is 1. The van der Waals surface area contributed by atoms with Crippen molar-refractivity contribution in [3.63, 3.8) is 0 Å². The molecule has 0 atom stereocenters. The summed E-state index contributed by atoms with van der Waals surface area (Å²) in [4.78, 5) is 4.66. The second-order valence-electron chi connectivity index (χ2n) is 4.75. The quantitative estimate of drug-likeness (QED) is 0.818. The third-order valence-corrected chi connectivity index (χ3v) is 3.76. The van der Waals surface area contributed by atoms with E-state index in [9.17, 15) is 0 Å². The second kappa shape index (κ2) is 5.65. The minimum atomic E-state index is 0.565. The molecule has 2 rings (SSSR count). The molecule has 0 aliphatic carbocycles. The van der Waals surface area contributed by atoms with E-state index in [0.717, 1.165) is 41.7 Å². The Kier molecular flexibility index (Phi) is 4.17. The van der Waals surface area contributed by atoms with Crippen LogP contribution >= 0.6 is 12.2 Å². The van der Waals surface area contributed by atoms with E-state index < -0.39 is 0 Å². The highest BCUT2D eigenvalue weighted by atomic mass is 32.1. The van der Waals surface area contributed by atoms with Gasteiger partial charge in [0.25, 0.3) is 0 Å². The summed E-state index contributed by atoms with van der Waals surface area (Å²) in [6.45, 7) is 6.60. The molecule has 0 bridgehead atoms. The topological polar surface area (TPSA) is 33.1 Å². The van der Waals surface area contributed by atoms with E-state index in [1.165, 1.54) is 5.69 Å². The van der Waals surface area contributed by atoms with Crippen LogP contribution in [0.1, 0.15) is 57.3 Å². The molecule has 0 aliphatic heterocycles. The number of fused-ring (bicyclic) bond motifs is 1. The molecule has 18 heavy (non-hydrogen) atoms. The summed E-state index contributed by atoms with van der Waals surface area (Å²) in [6.07, 6.45) is 4.37. The van der Waals surface area contributed by atoms with Crippen molar-refractivity contribution in [1.29, 1.82) is 0 Å². The van der Waals surface area contributed by atoms with Crippen LogP contribution in [0.3, 0.4) is 0 Å². The van der Waals surface area contributed by atoms with Gasteiger partial charge in [0.2, 0.25) is 0 Å². The van der Waals surface area contributed by atoms with Gasteiger partial charge in [-0.3, -0.25) is 5.10 Å². The predicted molar refractivity (Wildman–Crippen MR) is 77.7 cm³/mol. The fourth-order valence-corrected chi connectivity index (χ4v) is 2.66. The predicted octanol–water partition coefficient (Wildman–Crippen LogP) is 4.25. The first kappa shape index (κ1) is 13.3. The lowest BCUT2D eigenvalue weighted by Crippen LogP contribution is -1.99. The van der Waals surface area contributed by atoms with Crippen LogP contribution in [0.5, 0.6) is 0 Å². The number of hydrogen-bond acceptors (Lipinski definition) is 2. The molecule has 2 aromatic heterocycles. The maximum atomic E-state index is 5.42. The smallest absolute Gasteiger partial charge is 0.154 e. The maximum absolute atomic E-state index is 5.42. The summed E-state index contributed by atoms with van der Waals surface area (Å²) in [7, 11) is 0. The van der Waals surface area contributed by atoms with Crippen molar-refractivity contribution in [3.05, 3.63) is 28.2 Å². The van der Waals surface area contributed by atoms with Gasteiger partial charge in [-0.25, -0.2) is 9.50 Å². The molecule has 0 aromatic carbocycles. The van der Waals surface area contributed by atoms with Crippen LogP contribution < -0.4 is 0 Å². The minimum absolute atomic E-state index is 0.565. The van der Waals surface area contributed by atoms with Crippen molar-refractivity contribution in [2.45, 2.75) is 52.4 Å². The van der Waals surface area contributed by atoms with Crippen LogP contribution in [-0.2, 0) is 6.42 Å². The van der Waals surface area contributed by atoms with Crippen LogP contribution in [0.25, 0.3) is 5.65 Å². The molecule has 0 amide bonds. The average Bonchev–Trinajstić information content (AvgIpc) is 2.75. The molecule has 0 saturated carbocycles. The normalized spacial score (nSPS) is 11.6. The number of nitrogens with one attached hydrogen (secondary N) is 1. The highest BCUT2D eigenvalue weighted by Crippen LogP contribution is 2.22. The van der Waals surface area contributed by atoms with E-state index in [1.807, 2.05) is 10.6 Å². The Morgan fingerprint density at radius 2 is 2.00 bits per heavy atom. The Morgan fingerprint density at radius 1 is 1.28 bits per heavy atom. The highest BCUT2D eigenvalue weighted by molar-refractivity contribution is 7.71. The molecule has 4 heteroatoms. The summed E-state index contributed by atoms with van der Waals surface area (Å²) >= 11 is 5.42. The van der Waals surface area contributed by atoms with Crippen molar-refractivity contribution < 1.29 is 0 Å². The lowest BCUT2D eigenvalue weighted by atomic mass is 10.00. The van der Waals surface area contributed by atoms with Crippen molar-refractivity contribution in [3.8, 4) is 0 Å². The van der Waals surface area contributed by atoms with Gasteiger partial charge in [-0.15, -0.1) is 0 Å². The molecular weight excluding hydrogens is 242 g/mol. The first-order chi connectivity index (χ1) is 8.69. The fraction of sp³-hybridized carbons (Fsp3) is 0.571. The van der Waals surface area contributed by atoms with Crippen LogP contribution in [-0.4, -0.2) is 14.6 Å². The summed E-state index contributed by atoms with van der Waals surface area (Å²) in [5, 5.41) is 3.39. The fourth-order valence-electron chi connectivity index (χ4n) is 2.38. The van der Waals surface area contributed by atoms with Crippen molar-refractivity contribution in [2.75, 3.05) is 0 Å². The molecule has 0 saturated heterocycles. The van der Waals surface area contributed by atoms with Gasteiger partial charge < -0.3 is 0 Å². The molecule has 0 fully saturated rings. The molecule has 98 valence electrons. The molecule has 2 heterocycles. The van der Waals surface area contributed by atoms with E-state index in [0.29, 0.717) is 5.92 Å². The van der Waals surface area contributed by atoms with Crippen LogP contribution in [0.15, 0.2) is 12.1 Å². The largest absolute Gasteiger partial charge is 0.295 e. The number of aryl methyl sites for hydroxylation is 1. The van der Waals surface area contributed by atoms with Crippen molar-refractivity contribution in [2.24, 2.45) is 0 Å². The lowest BCUT2D eigenvalue weighted by molar-refractivity contribution is 0.616. The van der Waals surface area contributed by atoms with E-state index in [2.05, 4.69) is 36.9 Å². The molecule has 3 nitrogen and oxygen atoms in total. The zero-order valence-electron chi connectivity index (χ0n) is 11.4. The zero-order chi connectivity index (χ0) is 13.1. The number of rotatable bonds is 5. The van der Waals surface area contributed by atoms with Crippen LogP contribution in [0.2, 0.25) is 0 Å². The van der Waals surface area contributed by atoms with Gasteiger partial charge in [-0.2, -0.15) is 0 Å². The van der Waals surface area contributed by atoms with Crippen LogP contribution in [0.4, 0.5) is 0 Å². The van der Waals surface area contributed by atoms with Gasteiger partial charge in [0.1, 0.15) is 4.64 Å². The summed E-state index contributed by atoms with van der Waals surface area (Å²) < 4.78 is 2.74. The van der Waals surface area contributed by atoms with Gasteiger partial charge in [0.05, 0.1) is 0 Å². The van der Waals surface area contributed by atoms with E-state index in [-0.39, 0.29) is 0 Å². The van der Waals surface area contributed by atoms with Gasteiger partial charge in [-0.05, 0) is 25.3 Å². The average molecular weight is 263 g/mol. The minimum Gasteiger partial charge on any atom is -0.295 e. The zero-order valence-corrected chi connectivity index (χ0v) is 12.2. The van der Waals surface area contributed by atoms with E-state index in [1.54, 1.807) is 0 Å². The van der Waals surface area contributed by atoms with Crippen LogP contribution in [0, 0.1) is 4.64 Å². The third kappa shape index (κ3) is 2.48. The Bertz CT molecular complexity index is 578. The molecule has 0 radical (unpaired) electrons. The third-order valence-electron chi connectivity index (χ3n) is 3.45. The molecule has 0 spiro atoms. The first-order valence-electron chi connectivity index (χ1n) is 6.81.